The molecule has 0 aliphatic heterocycles. The summed E-state index contributed by atoms with van der Waals surface area (Å²) in [6.07, 6.45) is 0. The van der Waals surface area contributed by atoms with Gasteiger partial charge in [-0.15, -0.1) is 0 Å². The van der Waals surface area contributed by atoms with E-state index in [4.69, 9.17) is 19.9 Å². The van der Waals surface area contributed by atoms with E-state index in [1.165, 1.54) is 0 Å². The summed E-state index contributed by atoms with van der Waals surface area (Å²) in [6, 6.07) is 4.12. The van der Waals surface area contributed by atoms with Gasteiger partial charge in [0.05, 0.1) is 21.3 Å². The first kappa shape index (κ1) is 16.6. The minimum absolute atomic E-state index is 0.271. The van der Waals surface area contributed by atoms with Gasteiger partial charge in [0.1, 0.15) is 0 Å². The third-order valence-electron chi connectivity index (χ3n) is 3.40. The number of nitrogens with one attached hydrogen (secondary N) is 1. The van der Waals surface area contributed by atoms with E-state index in [9.17, 15) is 0 Å². The molecule has 0 aromatic heterocycles. The SMILES string of the molecule is COc1ccc(CNC(CN)C(C)C)c(OC)c1OC. The van der Waals surface area contributed by atoms with E-state index in [0.29, 0.717) is 36.3 Å². The number of ether oxygens (including phenoxy) is 3. The molecular formula is C15H26N2O3. The standard InChI is InChI=1S/C15H26N2O3/c1-10(2)12(8-16)17-9-11-6-7-13(18-3)15(20-5)14(11)19-4/h6-7,10,12,17H,8-9,16H2,1-5H3. The molecule has 1 unspecified atom stereocenters. The highest BCUT2D eigenvalue weighted by atomic mass is 16.5. The summed E-state index contributed by atoms with van der Waals surface area (Å²) in [5.74, 6) is 2.44. The van der Waals surface area contributed by atoms with Gasteiger partial charge in [0.25, 0.3) is 0 Å². The van der Waals surface area contributed by atoms with Crippen LogP contribution in [0.25, 0.3) is 0 Å². The molecule has 0 heterocycles. The predicted molar refractivity (Wildman–Crippen MR) is 80.6 cm³/mol. The fourth-order valence-corrected chi connectivity index (χ4v) is 2.13. The number of rotatable bonds is 8. The second-order valence-electron chi connectivity index (χ2n) is 4.96. The van der Waals surface area contributed by atoms with E-state index in [1.807, 2.05) is 12.1 Å². The number of methoxy groups -OCH3 is 3. The molecule has 0 amide bonds. The van der Waals surface area contributed by atoms with Gasteiger partial charge in [-0.2, -0.15) is 0 Å². The van der Waals surface area contributed by atoms with Crippen LogP contribution in [0.15, 0.2) is 12.1 Å². The summed E-state index contributed by atoms with van der Waals surface area (Å²) >= 11 is 0. The first-order valence-corrected chi connectivity index (χ1v) is 6.80. The van der Waals surface area contributed by atoms with Gasteiger partial charge in [0, 0.05) is 24.7 Å². The summed E-state index contributed by atoms with van der Waals surface area (Å²) < 4.78 is 16.1. The van der Waals surface area contributed by atoms with Crippen LogP contribution in [0.5, 0.6) is 17.2 Å². The molecule has 5 nitrogen and oxygen atoms in total. The van der Waals surface area contributed by atoms with Crippen molar-refractivity contribution in [3.63, 3.8) is 0 Å². The maximum absolute atomic E-state index is 5.77. The van der Waals surface area contributed by atoms with E-state index in [-0.39, 0.29) is 6.04 Å². The molecule has 1 aromatic rings. The molecule has 1 aromatic carbocycles. The molecule has 0 aliphatic rings. The Kier molecular flexibility index (Phi) is 6.61. The molecule has 0 saturated carbocycles. The topological polar surface area (TPSA) is 65.7 Å². The molecule has 20 heavy (non-hydrogen) atoms. The predicted octanol–water partition coefficient (Wildman–Crippen LogP) is 1.79. The summed E-state index contributed by atoms with van der Waals surface area (Å²) in [6.45, 7) is 5.57. The van der Waals surface area contributed by atoms with Gasteiger partial charge in [0.15, 0.2) is 11.5 Å². The lowest BCUT2D eigenvalue weighted by Crippen LogP contribution is -2.39. The Bertz CT molecular complexity index is 422. The Morgan fingerprint density at radius 1 is 1.05 bits per heavy atom. The van der Waals surface area contributed by atoms with Crippen molar-refractivity contribution in [1.82, 2.24) is 5.32 Å². The molecule has 0 aliphatic carbocycles. The maximum Gasteiger partial charge on any atom is 0.203 e. The van der Waals surface area contributed by atoms with Crippen molar-refractivity contribution in [2.24, 2.45) is 11.7 Å². The first-order valence-electron chi connectivity index (χ1n) is 6.80. The molecule has 3 N–H and O–H groups in total. The average Bonchev–Trinajstić information content (AvgIpc) is 2.46. The van der Waals surface area contributed by atoms with Gasteiger partial charge < -0.3 is 25.3 Å². The van der Waals surface area contributed by atoms with Crippen LogP contribution in [-0.4, -0.2) is 33.9 Å². The van der Waals surface area contributed by atoms with E-state index < -0.39 is 0 Å². The average molecular weight is 282 g/mol. The largest absolute Gasteiger partial charge is 0.493 e. The van der Waals surface area contributed by atoms with Crippen LogP contribution >= 0.6 is 0 Å². The highest BCUT2D eigenvalue weighted by Crippen LogP contribution is 2.39. The molecule has 0 fully saturated rings. The minimum atomic E-state index is 0.271. The normalized spacial score (nSPS) is 12.3. The zero-order valence-corrected chi connectivity index (χ0v) is 13.0. The van der Waals surface area contributed by atoms with Crippen molar-refractivity contribution in [2.75, 3.05) is 27.9 Å². The van der Waals surface area contributed by atoms with E-state index >= 15 is 0 Å². The third-order valence-corrected chi connectivity index (χ3v) is 3.40. The van der Waals surface area contributed by atoms with Crippen LogP contribution in [0.4, 0.5) is 0 Å². The molecule has 0 bridgehead atoms. The van der Waals surface area contributed by atoms with Crippen molar-refractivity contribution in [2.45, 2.75) is 26.4 Å². The van der Waals surface area contributed by atoms with Crippen LogP contribution in [0.3, 0.4) is 0 Å². The maximum atomic E-state index is 5.77. The van der Waals surface area contributed by atoms with E-state index in [0.717, 1.165) is 5.56 Å². The molecule has 0 saturated heterocycles. The van der Waals surface area contributed by atoms with Gasteiger partial charge in [-0.1, -0.05) is 19.9 Å². The van der Waals surface area contributed by atoms with E-state index in [1.54, 1.807) is 21.3 Å². The molecule has 1 rings (SSSR count). The number of benzene rings is 1. The minimum Gasteiger partial charge on any atom is -0.493 e. The molecular weight excluding hydrogens is 256 g/mol. The first-order chi connectivity index (χ1) is 9.58. The molecule has 0 radical (unpaired) electrons. The summed E-state index contributed by atoms with van der Waals surface area (Å²) in [4.78, 5) is 0. The van der Waals surface area contributed by atoms with Crippen molar-refractivity contribution < 1.29 is 14.2 Å². The molecule has 1 atom stereocenters. The summed E-state index contributed by atoms with van der Waals surface area (Å²) in [5, 5.41) is 3.45. The zero-order chi connectivity index (χ0) is 15.1. The molecule has 5 heteroatoms. The van der Waals surface area contributed by atoms with Gasteiger partial charge in [-0.3, -0.25) is 0 Å². The monoisotopic (exact) mass is 282 g/mol. The van der Waals surface area contributed by atoms with Crippen LogP contribution in [0.2, 0.25) is 0 Å². The van der Waals surface area contributed by atoms with Crippen molar-refractivity contribution in [1.29, 1.82) is 0 Å². The Morgan fingerprint density at radius 2 is 1.70 bits per heavy atom. The van der Waals surface area contributed by atoms with Gasteiger partial charge in [0.2, 0.25) is 5.75 Å². The lowest BCUT2D eigenvalue weighted by molar-refractivity contribution is 0.320. The van der Waals surface area contributed by atoms with Crippen molar-refractivity contribution in [3.05, 3.63) is 17.7 Å². The van der Waals surface area contributed by atoms with Crippen molar-refractivity contribution >= 4 is 0 Å². The summed E-state index contributed by atoms with van der Waals surface area (Å²) in [7, 11) is 4.84. The molecule has 0 spiro atoms. The Labute approximate surface area is 121 Å². The fraction of sp³-hybridized carbons (Fsp3) is 0.600. The second-order valence-corrected chi connectivity index (χ2v) is 4.96. The van der Waals surface area contributed by atoms with Crippen molar-refractivity contribution in [3.8, 4) is 17.2 Å². The van der Waals surface area contributed by atoms with E-state index in [2.05, 4.69) is 19.2 Å². The number of hydrogen-bond acceptors (Lipinski definition) is 5. The second kappa shape index (κ2) is 7.97. The third kappa shape index (κ3) is 3.77. The Morgan fingerprint density at radius 3 is 2.15 bits per heavy atom. The molecule has 114 valence electrons. The summed E-state index contributed by atoms with van der Waals surface area (Å²) in [5.41, 5.74) is 6.79. The smallest absolute Gasteiger partial charge is 0.203 e. The van der Waals surface area contributed by atoms with Crippen LogP contribution < -0.4 is 25.3 Å². The van der Waals surface area contributed by atoms with Gasteiger partial charge >= 0.3 is 0 Å². The van der Waals surface area contributed by atoms with Crippen LogP contribution in [0.1, 0.15) is 19.4 Å². The lowest BCUT2D eigenvalue weighted by Gasteiger charge is -2.22. The highest BCUT2D eigenvalue weighted by Gasteiger charge is 2.17. The fourth-order valence-electron chi connectivity index (χ4n) is 2.13. The van der Waals surface area contributed by atoms with Gasteiger partial charge in [-0.05, 0) is 12.0 Å². The Balaban J connectivity index is 2.95. The zero-order valence-electron chi connectivity index (χ0n) is 13.0. The quantitative estimate of drug-likeness (QED) is 0.761. The van der Waals surface area contributed by atoms with Gasteiger partial charge in [-0.25, -0.2) is 0 Å². The Hall–Kier alpha value is -1.46. The van der Waals surface area contributed by atoms with Crippen LogP contribution in [0, 0.1) is 5.92 Å². The number of nitrogens with two attached hydrogens (primary N) is 1. The number of hydrogen-bond donors (Lipinski definition) is 2. The lowest BCUT2D eigenvalue weighted by atomic mass is 10.0. The van der Waals surface area contributed by atoms with Crippen LogP contribution in [-0.2, 0) is 6.54 Å². The highest BCUT2D eigenvalue weighted by molar-refractivity contribution is 5.55.